The number of aryl methyl sites for hydroxylation is 1. The molecule has 2 aromatic rings. The molecule has 3 rings (SSSR count). The van der Waals surface area contributed by atoms with E-state index in [1.165, 1.54) is 18.2 Å². The summed E-state index contributed by atoms with van der Waals surface area (Å²) >= 11 is 0. The number of hydrogen-bond acceptors (Lipinski definition) is 8. The summed E-state index contributed by atoms with van der Waals surface area (Å²) in [5, 5.41) is 10.2. The third-order valence-corrected chi connectivity index (χ3v) is 9.91. The molecule has 12 heteroatoms. The minimum atomic E-state index is -3.92. The van der Waals surface area contributed by atoms with Gasteiger partial charge < -0.3 is 29.3 Å². The Hall–Kier alpha value is -3.19. The number of carbonyl (C=O) groups is 2. The number of nitrogens with zero attached hydrogens (tertiary/aromatic N) is 3. The quantitative estimate of drug-likeness (QED) is 0.359. The Labute approximate surface area is 281 Å². The van der Waals surface area contributed by atoms with Crippen LogP contribution in [0.25, 0.3) is 0 Å². The van der Waals surface area contributed by atoms with Gasteiger partial charge >= 0.3 is 0 Å². The molecule has 1 aliphatic rings. The molecule has 0 saturated carbocycles. The number of amides is 2. The Morgan fingerprint density at radius 1 is 1.11 bits per heavy atom. The van der Waals surface area contributed by atoms with Crippen molar-refractivity contribution in [1.82, 2.24) is 14.7 Å². The van der Waals surface area contributed by atoms with Crippen LogP contribution in [-0.2, 0) is 19.6 Å². The zero-order valence-corrected chi connectivity index (χ0v) is 29.9. The van der Waals surface area contributed by atoms with Gasteiger partial charge in [0.2, 0.25) is 5.91 Å². The van der Waals surface area contributed by atoms with Crippen LogP contribution in [0.1, 0.15) is 68.8 Å². The molecular formula is C35H54N4O7S. The molecule has 0 aliphatic carbocycles. The predicted octanol–water partition coefficient (Wildman–Crippen LogP) is 4.39. The SMILES string of the molecule is Cc1ccc(S(=O)(=O)Nc2ccc3c(c2)C(=O)N([C@H](C)CO)C[C@H](C)[C@H](CN(C)C(=O)CCCN(C)C)OCCCC[C@@H](C)O3)cc1. The molecule has 2 N–H and O–H groups in total. The standard InChI is InChI=1S/C35H54N4O7S/c1-25-13-16-30(17-14-25)47(43,44)36-29-15-18-32-31(21-29)35(42)39(27(3)24-40)22-26(2)33(45-20-9-8-11-28(4)46-32)23-38(7)34(41)12-10-19-37(5)6/h13-18,21,26-28,33,36,40H,8-12,19-20,22-24H2,1-7H3/t26-,27+,28+,33-/m0/s1. The van der Waals surface area contributed by atoms with E-state index in [1.807, 2.05) is 34.9 Å². The lowest BCUT2D eigenvalue weighted by Gasteiger charge is -2.36. The number of anilines is 1. The van der Waals surface area contributed by atoms with Crippen molar-refractivity contribution < 1.29 is 32.6 Å². The molecule has 2 amide bonds. The number of likely N-dealkylation sites (N-methyl/N-ethyl adjacent to an activating group) is 1. The van der Waals surface area contributed by atoms with Crippen LogP contribution in [0.15, 0.2) is 47.4 Å². The Kier molecular flexibility index (Phi) is 14.5. The molecule has 0 spiro atoms. The van der Waals surface area contributed by atoms with Crippen LogP contribution in [0.3, 0.4) is 0 Å². The van der Waals surface area contributed by atoms with Crippen LogP contribution < -0.4 is 9.46 Å². The molecule has 47 heavy (non-hydrogen) atoms. The number of sulfonamides is 1. The summed E-state index contributed by atoms with van der Waals surface area (Å²) in [5.41, 5.74) is 1.34. The second kappa shape index (κ2) is 17.8. The predicted molar refractivity (Wildman–Crippen MR) is 184 cm³/mol. The van der Waals surface area contributed by atoms with Gasteiger partial charge in [-0.2, -0.15) is 0 Å². The average molecular weight is 675 g/mol. The van der Waals surface area contributed by atoms with Crippen LogP contribution in [0.2, 0.25) is 0 Å². The third-order valence-electron chi connectivity index (χ3n) is 8.51. The zero-order chi connectivity index (χ0) is 34.7. The van der Waals surface area contributed by atoms with E-state index in [-0.39, 0.29) is 53.3 Å². The Balaban J connectivity index is 1.93. The molecule has 2 aromatic carbocycles. The number of aliphatic hydroxyl groups is 1. The highest BCUT2D eigenvalue weighted by atomic mass is 32.2. The molecule has 0 bridgehead atoms. The fourth-order valence-corrected chi connectivity index (χ4v) is 6.54. The zero-order valence-electron chi connectivity index (χ0n) is 29.1. The topological polar surface area (TPSA) is 129 Å². The lowest BCUT2D eigenvalue weighted by molar-refractivity contribution is -0.132. The Morgan fingerprint density at radius 2 is 1.81 bits per heavy atom. The first-order valence-electron chi connectivity index (χ1n) is 16.5. The van der Waals surface area contributed by atoms with Crippen LogP contribution >= 0.6 is 0 Å². The van der Waals surface area contributed by atoms with Crippen molar-refractivity contribution in [2.24, 2.45) is 5.92 Å². The van der Waals surface area contributed by atoms with Crippen molar-refractivity contribution in [1.29, 1.82) is 0 Å². The molecule has 0 aromatic heterocycles. The summed E-state index contributed by atoms with van der Waals surface area (Å²) in [6, 6.07) is 10.7. The number of benzene rings is 2. The fourth-order valence-electron chi connectivity index (χ4n) is 5.49. The van der Waals surface area contributed by atoms with E-state index in [1.54, 1.807) is 48.0 Å². The van der Waals surface area contributed by atoms with Crippen LogP contribution in [0.5, 0.6) is 5.75 Å². The van der Waals surface area contributed by atoms with Crippen LogP contribution in [-0.4, -0.2) is 112 Å². The molecule has 0 radical (unpaired) electrons. The maximum Gasteiger partial charge on any atom is 0.261 e. The molecule has 4 atom stereocenters. The Morgan fingerprint density at radius 3 is 2.47 bits per heavy atom. The number of aliphatic hydroxyl groups excluding tert-OH is 1. The molecular weight excluding hydrogens is 620 g/mol. The van der Waals surface area contributed by atoms with E-state index in [4.69, 9.17) is 9.47 Å². The highest BCUT2D eigenvalue weighted by Crippen LogP contribution is 2.29. The maximum atomic E-state index is 14.3. The summed E-state index contributed by atoms with van der Waals surface area (Å²) in [5.74, 6) is -0.212. The smallest absolute Gasteiger partial charge is 0.261 e. The molecule has 1 aliphatic heterocycles. The summed E-state index contributed by atoms with van der Waals surface area (Å²) in [7, 11) is 1.83. The second-order valence-electron chi connectivity index (χ2n) is 13.1. The molecule has 1 heterocycles. The van der Waals surface area contributed by atoms with E-state index in [0.29, 0.717) is 25.3 Å². The summed E-state index contributed by atoms with van der Waals surface area (Å²) < 4.78 is 41.6. The third kappa shape index (κ3) is 11.5. The number of fused-ring (bicyclic) bond motifs is 1. The van der Waals surface area contributed by atoms with Gasteiger partial charge in [-0.3, -0.25) is 14.3 Å². The van der Waals surface area contributed by atoms with Crippen molar-refractivity contribution in [3.8, 4) is 5.75 Å². The molecule has 0 fully saturated rings. The Bertz CT molecular complexity index is 1420. The van der Waals surface area contributed by atoms with Gasteiger partial charge in [-0.15, -0.1) is 0 Å². The van der Waals surface area contributed by atoms with E-state index in [0.717, 1.165) is 37.8 Å². The highest BCUT2D eigenvalue weighted by Gasteiger charge is 2.31. The van der Waals surface area contributed by atoms with Gasteiger partial charge in [0.25, 0.3) is 15.9 Å². The van der Waals surface area contributed by atoms with Gasteiger partial charge in [0.1, 0.15) is 5.75 Å². The number of nitrogens with one attached hydrogen (secondary N) is 1. The number of ether oxygens (including phenoxy) is 2. The van der Waals surface area contributed by atoms with E-state index < -0.39 is 22.0 Å². The van der Waals surface area contributed by atoms with E-state index in [9.17, 15) is 23.1 Å². The first-order chi connectivity index (χ1) is 22.2. The number of rotatable bonds is 11. The highest BCUT2D eigenvalue weighted by molar-refractivity contribution is 7.92. The van der Waals surface area contributed by atoms with Crippen molar-refractivity contribution in [3.05, 3.63) is 53.6 Å². The fraction of sp³-hybridized carbons (Fsp3) is 0.600. The van der Waals surface area contributed by atoms with E-state index in [2.05, 4.69) is 9.62 Å². The minimum absolute atomic E-state index is 0.0410. The van der Waals surface area contributed by atoms with Crippen molar-refractivity contribution >= 4 is 27.5 Å². The van der Waals surface area contributed by atoms with Gasteiger partial charge in [0.15, 0.2) is 0 Å². The normalized spacial score (nSPS) is 20.6. The van der Waals surface area contributed by atoms with Gasteiger partial charge in [-0.25, -0.2) is 8.42 Å². The lowest BCUT2D eigenvalue weighted by atomic mass is 10.0. The van der Waals surface area contributed by atoms with Gasteiger partial charge in [-0.05, 0) is 97.4 Å². The van der Waals surface area contributed by atoms with Crippen molar-refractivity contribution in [3.63, 3.8) is 0 Å². The minimum Gasteiger partial charge on any atom is -0.490 e. The summed E-state index contributed by atoms with van der Waals surface area (Å²) in [4.78, 5) is 32.7. The summed E-state index contributed by atoms with van der Waals surface area (Å²) in [6.07, 6.45) is 3.00. The van der Waals surface area contributed by atoms with E-state index >= 15 is 0 Å². The van der Waals surface area contributed by atoms with Crippen LogP contribution in [0.4, 0.5) is 5.69 Å². The summed E-state index contributed by atoms with van der Waals surface area (Å²) in [6.45, 7) is 9.23. The number of hydrogen-bond donors (Lipinski definition) is 2. The second-order valence-corrected chi connectivity index (χ2v) is 14.8. The van der Waals surface area contributed by atoms with Crippen molar-refractivity contribution in [2.45, 2.75) is 82.9 Å². The van der Waals surface area contributed by atoms with Crippen LogP contribution in [0, 0.1) is 12.8 Å². The van der Waals surface area contributed by atoms with Crippen molar-refractivity contribution in [2.75, 3.05) is 58.7 Å². The first-order valence-corrected chi connectivity index (χ1v) is 18.0. The lowest BCUT2D eigenvalue weighted by Crippen LogP contribution is -2.48. The maximum absolute atomic E-state index is 14.3. The average Bonchev–Trinajstić information content (AvgIpc) is 3.02. The molecule has 0 unspecified atom stereocenters. The monoisotopic (exact) mass is 674 g/mol. The largest absolute Gasteiger partial charge is 0.490 e. The number of carbonyl (C=O) groups excluding carboxylic acids is 2. The molecule has 11 nitrogen and oxygen atoms in total. The first kappa shape index (κ1) is 38.3. The van der Waals surface area contributed by atoms with Gasteiger partial charge in [0.05, 0.1) is 35.3 Å². The molecule has 262 valence electrons. The molecule has 0 saturated heterocycles. The van der Waals surface area contributed by atoms with Gasteiger partial charge in [0, 0.05) is 44.8 Å². The van der Waals surface area contributed by atoms with Gasteiger partial charge in [-0.1, -0.05) is 24.6 Å².